The Bertz CT molecular complexity index is 881. The number of rotatable bonds is 8. The Balaban J connectivity index is 2.22. The van der Waals surface area contributed by atoms with E-state index in [2.05, 4.69) is 10.6 Å². The maximum Gasteiger partial charge on any atom is 0.301 e. The van der Waals surface area contributed by atoms with Crippen LogP contribution in [0.3, 0.4) is 0 Å². The number of nitro groups is 1. The average molecular weight is 427 g/mol. The number of hydrogen-bond donors (Lipinski definition) is 3. The van der Waals surface area contributed by atoms with Gasteiger partial charge in [-0.25, -0.2) is 0 Å². The first-order chi connectivity index (χ1) is 13.3. The number of halogens is 2. The van der Waals surface area contributed by atoms with Gasteiger partial charge in [0.1, 0.15) is 0 Å². The van der Waals surface area contributed by atoms with Crippen LogP contribution < -0.4 is 16.4 Å². The molecule has 1 unspecified atom stereocenters. The van der Waals surface area contributed by atoms with Gasteiger partial charge >= 0.3 is 5.18 Å². The van der Waals surface area contributed by atoms with Crippen LogP contribution in [0.5, 0.6) is 0 Å². The van der Waals surface area contributed by atoms with Gasteiger partial charge < -0.3 is 21.1 Å². The zero-order chi connectivity index (χ0) is 20.7. The highest BCUT2D eigenvalue weighted by atomic mass is 35.5. The third-order valence-corrected chi connectivity index (χ3v) is 4.12. The van der Waals surface area contributed by atoms with E-state index < -0.39 is 21.9 Å². The van der Waals surface area contributed by atoms with Crippen LogP contribution in [-0.4, -0.2) is 35.1 Å². The van der Waals surface area contributed by atoms with Crippen molar-refractivity contribution in [2.45, 2.75) is 5.18 Å². The van der Waals surface area contributed by atoms with Crippen LogP contribution in [0.15, 0.2) is 48.5 Å². The van der Waals surface area contributed by atoms with Crippen molar-refractivity contribution >= 4 is 46.4 Å². The number of non-ortho nitro benzene ring substituents is 1. The minimum absolute atomic E-state index is 0.0429. The second-order valence-electron chi connectivity index (χ2n) is 5.43. The number of benzene rings is 2. The summed E-state index contributed by atoms with van der Waals surface area (Å²) in [4.78, 5) is 35.2. The molecule has 0 saturated carbocycles. The molecular weight excluding hydrogens is 411 g/mol. The summed E-state index contributed by atoms with van der Waals surface area (Å²) in [7, 11) is 0. The first-order valence-corrected chi connectivity index (χ1v) is 8.68. The lowest BCUT2D eigenvalue weighted by atomic mass is 10.2. The van der Waals surface area contributed by atoms with E-state index in [0.717, 1.165) is 12.1 Å². The highest BCUT2D eigenvalue weighted by Crippen LogP contribution is 2.28. The van der Waals surface area contributed by atoms with Gasteiger partial charge in [-0.15, -0.1) is 0 Å². The van der Waals surface area contributed by atoms with Crippen molar-refractivity contribution in [3.8, 4) is 0 Å². The van der Waals surface area contributed by atoms with Crippen molar-refractivity contribution in [1.82, 2.24) is 5.32 Å². The Morgan fingerprint density at radius 1 is 1.21 bits per heavy atom. The van der Waals surface area contributed by atoms with Crippen LogP contribution in [0.25, 0.3) is 0 Å². The third-order valence-electron chi connectivity index (χ3n) is 3.43. The number of carbonyl (C=O) groups excluding carboxylic acids is 2. The monoisotopic (exact) mass is 426 g/mol. The zero-order valence-electron chi connectivity index (χ0n) is 14.4. The van der Waals surface area contributed by atoms with E-state index in [1.807, 2.05) is 0 Å². The zero-order valence-corrected chi connectivity index (χ0v) is 15.9. The fourth-order valence-electron chi connectivity index (χ4n) is 2.09. The summed E-state index contributed by atoms with van der Waals surface area (Å²) in [6.07, 6.45) is 0. The molecule has 2 aromatic rings. The van der Waals surface area contributed by atoms with Gasteiger partial charge in [0.05, 0.1) is 22.2 Å². The largest absolute Gasteiger partial charge is 0.334 e. The summed E-state index contributed by atoms with van der Waals surface area (Å²) < 4.78 is 5.25. The van der Waals surface area contributed by atoms with Gasteiger partial charge in [0.15, 0.2) is 0 Å². The van der Waals surface area contributed by atoms with Crippen LogP contribution in [0.4, 0.5) is 11.4 Å². The molecule has 0 saturated heterocycles. The number of nitrogens with zero attached hydrogens (tertiary/aromatic N) is 1. The van der Waals surface area contributed by atoms with Crippen molar-refractivity contribution in [2.24, 2.45) is 5.73 Å². The van der Waals surface area contributed by atoms with Crippen molar-refractivity contribution in [3.05, 3.63) is 69.2 Å². The molecule has 0 bridgehead atoms. The Hall–Kier alpha value is -2.72. The molecule has 0 aliphatic rings. The maximum absolute atomic E-state index is 12.7. The second kappa shape index (κ2) is 9.47. The molecule has 0 aromatic heterocycles. The SMILES string of the molecule is NCCOC(Cl)(NC(=O)c1ccccc1)C(=O)Nc1ccc([N+](=O)[O-])cc1Cl. The topological polar surface area (TPSA) is 137 Å². The molecule has 2 aromatic carbocycles. The highest BCUT2D eigenvalue weighted by Gasteiger charge is 2.40. The number of hydrogen-bond acceptors (Lipinski definition) is 6. The predicted molar refractivity (Wildman–Crippen MR) is 104 cm³/mol. The summed E-state index contributed by atoms with van der Waals surface area (Å²) in [5, 5.41) is 13.1. The maximum atomic E-state index is 12.7. The molecule has 2 rings (SSSR count). The number of alkyl halides is 1. The summed E-state index contributed by atoms with van der Waals surface area (Å²) in [5.74, 6) is -1.61. The molecule has 1 atom stereocenters. The molecule has 2 amide bonds. The van der Waals surface area contributed by atoms with Crippen LogP contribution in [0.2, 0.25) is 5.02 Å². The fraction of sp³-hybridized carbons (Fsp3) is 0.176. The predicted octanol–water partition coefficient (Wildman–Crippen LogP) is 2.48. The minimum Gasteiger partial charge on any atom is -0.334 e. The van der Waals surface area contributed by atoms with Crippen molar-refractivity contribution in [2.75, 3.05) is 18.5 Å². The molecule has 0 radical (unpaired) electrons. The second-order valence-corrected chi connectivity index (χ2v) is 6.37. The molecule has 0 fully saturated rings. The van der Waals surface area contributed by atoms with Gasteiger partial charge in [0.2, 0.25) is 0 Å². The summed E-state index contributed by atoms with van der Waals surface area (Å²) >= 11 is 12.2. The first-order valence-electron chi connectivity index (χ1n) is 7.92. The summed E-state index contributed by atoms with van der Waals surface area (Å²) in [6, 6.07) is 11.5. The lowest BCUT2D eigenvalue weighted by Crippen LogP contribution is -2.55. The van der Waals surface area contributed by atoms with Gasteiger partial charge in [-0.05, 0) is 18.2 Å². The molecule has 11 heteroatoms. The third kappa shape index (κ3) is 5.40. The number of carbonyl (C=O) groups is 2. The minimum atomic E-state index is -2.28. The molecule has 9 nitrogen and oxygen atoms in total. The van der Waals surface area contributed by atoms with E-state index >= 15 is 0 Å². The van der Waals surface area contributed by atoms with Gasteiger partial charge in [0.25, 0.3) is 17.5 Å². The Labute approximate surface area is 169 Å². The van der Waals surface area contributed by atoms with E-state index in [9.17, 15) is 19.7 Å². The lowest BCUT2D eigenvalue weighted by molar-refractivity contribution is -0.384. The van der Waals surface area contributed by atoms with E-state index in [4.69, 9.17) is 33.7 Å². The Morgan fingerprint density at radius 2 is 1.89 bits per heavy atom. The molecule has 4 N–H and O–H groups in total. The van der Waals surface area contributed by atoms with Crippen LogP contribution in [0.1, 0.15) is 10.4 Å². The van der Waals surface area contributed by atoms with E-state index in [1.165, 1.54) is 18.2 Å². The number of ether oxygens (including phenoxy) is 1. The number of nitrogens with one attached hydrogen (secondary N) is 2. The molecular formula is C17H16Cl2N4O5. The molecule has 28 heavy (non-hydrogen) atoms. The van der Waals surface area contributed by atoms with Crippen molar-refractivity contribution in [3.63, 3.8) is 0 Å². The lowest BCUT2D eigenvalue weighted by Gasteiger charge is -2.27. The summed E-state index contributed by atoms with van der Waals surface area (Å²) in [5.41, 5.74) is 5.44. The van der Waals surface area contributed by atoms with Gasteiger partial charge in [-0.1, -0.05) is 41.4 Å². The van der Waals surface area contributed by atoms with Crippen LogP contribution >= 0.6 is 23.2 Å². The molecule has 0 aliphatic carbocycles. The number of nitro benzene ring substituents is 1. The Morgan fingerprint density at radius 3 is 2.46 bits per heavy atom. The summed E-state index contributed by atoms with van der Waals surface area (Å²) in [6.45, 7) is -0.0821. The number of anilines is 1. The van der Waals surface area contributed by atoms with E-state index in [1.54, 1.807) is 18.2 Å². The number of nitrogens with two attached hydrogens (primary N) is 1. The average Bonchev–Trinajstić information content (AvgIpc) is 2.68. The molecule has 148 valence electrons. The van der Waals surface area contributed by atoms with Gasteiger partial charge in [0, 0.05) is 24.2 Å². The number of amides is 2. The Kier molecular flexibility index (Phi) is 7.30. The van der Waals surface area contributed by atoms with Crippen LogP contribution in [0, 0.1) is 10.1 Å². The van der Waals surface area contributed by atoms with Gasteiger partial charge in [-0.2, -0.15) is 0 Å². The quantitative estimate of drug-likeness (QED) is 0.195. The van der Waals surface area contributed by atoms with Crippen molar-refractivity contribution < 1.29 is 19.2 Å². The standard InChI is InChI=1S/C17H16Cl2N4O5/c18-13-10-12(23(26)27)6-7-14(13)21-16(25)17(19,28-9-8-20)22-15(24)11-4-2-1-3-5-11/h1-7,10H,8-9,20H2,(H,21,25)(H,22,24). The fourth-order valence-corrected chi connectivity index (χ4v) is 2.52. The first kappa shape index (κ1) is 21.6. The van der Waals surface area contributed by atoms with E-state index in [-0.39, 0.29) is 35.1 Å². The molecule has 0 aliphatic heterocycles. The van der Waals surface area contributed by atoms with Crippen LogP contribution in [-0.2, 0) is 9.53 Å². The highest BCUT2D eigenvalue weighted by molar-refractivity contribution is 6.38. The smallest absolute Gasteiger partial charge is 0.301 e. The van der Waals surface area contributed by atoms with E-state index in [0.29, 0.717) is 0 Å². The van der Waals surface area contributed by atoms with Crippen molar-refractivity contribution in [1.29, 1.82) is 0 Å². The molecule has 0 spiro atoms. The normalized spacial score (nSPS) is 12.7. The molecule has 0 heterocycles. The van der Waals surface area contributed by atoms with Gasteiger partial charge in [-0.3, -0.25) is 19.7 Å².